The molecule has 1 atom stereocenters. The van der Waals surface area contributed by atoms with Crippen LogP contribution < -0.4 is 0 Å². The average molecular weight is 210 g/mol. The van der Waals surface area contributed by atoms with E-state index in [4.69, 9.17) is 5.11 Å². The quantitative estimate of drug-likeness (QED) is 0.702. The minimum atomic E-state index is -3.02. The van der Waals surface area contributed by atoms with E-state index in [0.29, 0.717) is 12.3 Å². The first-order valence-corrected chi connectivity index (χ1v) is 4.60. The Bertz CT molecular complexity index is 171. The standard InChI is InChI=1S/C9H16F2O3/c1-6(2)4-3-5-7(8(12)13)14-9(10)11/h6-7,9H,3-5H2,1-2H3,(H,12,13)/t7-/m0/s1. The molecule has 0 unspecified atom stereocenters. The van der Waals surface area contributed by atoms with Crippen LogP contribution in [0, 0.1) is 5.92 Å². The van der Waals surface area contributed by atoms with E-state index in [9.17, 15) is 13.6 Å². The van der Waals surface area contributed by atoms with Crippen LogP contribution >= 0.6 is 0 Å². The van der Waals surface area contributed by atoms with Gasteiger partial charge in [-0.2, -0.15) is 8.78 Å². The van der Waals surface area contributed by atoms with Gasteiger partial charge in [0.2, 0.25) is 0 Å². The van der Waals surface area contributed by atoms with Crippen molar-refractivity contribution in [3.63, 3.8) is 0 Å². The maximum Gasteiger partial charge on any atom is 0.346 e. The lowest BCUT2D eigenvalue weighted by Crippen LogP contribution is -2.26. The van der Waals surface area contributed by atoms with Crippen molar-refractivity contribution in [3.8, 4) is 0 Å². The molecule has 1 N–H and O–H groups in total. The monoisotopic (exact) mass is 210 g/mol. The van der Waals surface area contributed by atoms with E-state index in [1.165, 1.54) is 0 Å². The lowest BCUT2D eigenvalue weighted by Gasteiger charge is -2.13. The maximum absolute atomic E-state index is 11.7. The number of alkyl halides is 2. The average Bonchev–Trinajstić information content (AvgIpc) is 2.00. The number of aliphatic carboxylic acids is 1. The van der Waals surface area contributed by atoms with E-state index < -0.39 is 18.7 Å². The van der Waals surface area contributed by atoms with Crippen LogP contribution in [0.2, 0.25) is 0 Å². The molecule has 0 bridgehead atoms. The maximum atomic E-state index is 11.7. The van der Waals surface area contributed by atoms with Crippen molar-refractivity contribution < 1.29 is 23.4 Å². The molecule has 0 amide bonds. The Kier molecular flexibility index (Phi) is 6.36. The van der Waals surface area contributed by atoms with Gasteiger partial charge in [-0.15, -0.1) is 0 Å². The van der Waals surface area contributed by atoms with Crippen molar-refractivity contribution in [2.75, 3.05) is 0 Å². The van der Waals surface area contributed by atoms with Gasteiger partial charge in [0.25, 0.3) is 0 Å². The number of hydrogen-bond acceptors (Lipinski definition) is 2. The van der Waals surface area contributed by atoms with Crippen LogP contribution in [0.4, 0.5) is 8.78 Å². The number of carbonyl (C=O) groups is 1. The first-order chi connectivity index (χ1) is 6.43. The molecule has 0 aromatic carbocycles. The summed E-state index contributed by atoms with van der Waals surface area (Å²) in [4.78, 5) is 10.5. The highest BCUT2D eigenvalue weighted by Gasteiger charge is 2.21. The van der Waals surface area contributed by atoms with Gasteiger partial charge in [-0.25, -0.2) is 4.79 Å². The molecule has 0 aromatic heterocycles. The SMILES string of the molecule is CC(C)CCC[C@H](OC(F)F)C(=O)O. The number of carboxylic acid groups (broad SMARTS) is 1. The highest BCUT2D eigenvalue weighted by atomic mass is 19.3. The Morgan fingerprint density at radius 2 is 1.93 bits per heavy atom. The van der Waals surface area contributed by atoms with Crippen LogP contribution in [-0.4, -0.2) is 23.8 Å². The molecule has 0 rings (SSSR count). The third-order valence-electron chi connectivity index (χ3n) is 1.79. The van der Waals surface area contributed by atoms with Gasteiger partial charge in [0.1, 0.15) is 0 Å². The zero-order valence-electron chi connectivity index (χ0n) is 8.37. The summed E-state index contributed by atoms with van der Waals surface area (Å²) in [6.07, 6.45) is 0.156. The largest absolute Gasteiger partial charge is 0.479 e. The van der Waals surface area contributed by atoms with E-state index in [0.717, 1.165) is 6.42 Å². The van der Waals surface area contributed by atoms with Crippen LogP contribution in [0.3, 0.4) is 0 Å². The van der Waals surface area contributed by atoms with Crippen LogP contribution in [0.25, 0.3) is 0 Å². The lowest BCUT2D eigenvalue weighted by atomic mass is 10.0. The topological polar surface area (TPSA) is 46.5 Å². The van der Waals surface area contributed by atoms with Gasteiger partial charge in [0.15, 0.2) is 6.10 Å². The highest BCUT2D eigenvalue weighted by Crippen LogP contribution is 2.13. The molecular weight excluding hydrogens is 194 g/mol. The normalized spacial score (nSPS) is 13.6. The molecule has 14 heavy (non-hydrogen) atoms. The molecule has 0 spiro atoms. The smallest absolute Gasteiger partial charge is 0.346 e. The van der Waals surface area contributed by atoms with E-state index >= 15 is 0 Å². The summed E-state index contributed by atoms with van der Waals surface area (Å²) in [5.74, 6) is -0.884. The molecule has 0 saturated heterocycles. The van der Waals surface area contributed by atoms with Gasteiger partial charge < -0.3 is 9.84 Å². The van der Waals surface area contributed by atoms with Crippen molar-refractivity contribution >= 4 is 5.97 Å². The van der Waals surface area contributed by atoms with E-state index in [1.807, 2.05) is 13.8 Å². The fourth-order valence-corrected chi connectivity index (χ4v) is 1.09. The molecule has 0 heterocycles. The number of carboxylic acids is 1. The Morgan fingerprint density at radius 1 is 1.36 bits per heavy atom. The van der Waals surface area contributed by atoms with Crippen molar-refractivity contribution in [2.24, 2.45) is 5.92 Å². The van der Waals surface area contributed by atoms with Crippen LogP contribution in [-0.2, 0) is 9.53 Å². The van der Waals surface area contributed by atoms with Crippen LogP contribution in [0.5, 0.6) is 0 Å². The summed E-state index contributed by atoms with van der Waals surface area (Å²) in [5.41, 5.74) is 0. The number of halogens is 2. The number of ether oxygens (including phenoxy) is 1. The Labute approximate surface area is 82.1 Å². The summed E-state index contributed by atoms with van der Waals surface area (Å²) in [6, 6.07) is 0. The van der Waals surface area contributed by atoms with E-state index in [1.54, 1.807) is 0 Å². The van der Waals surface area contributed by atoms with Crippen molar-refractivity contribution in [3.05, 3.63) is 0 Å². The fourth-order valence-electron chi connectivity index (χ4n) is 1.09. The zero-order chi connectivity index (χ0) is 11.1. The molecule has 0 fully saturated rings. The molecule has 0 aliphatic carbocycles. The predicted molar refractivity (Wildman–Crippen MR) is 47.2 cm³/mol. The van der Waals surface area contributed by atoms with Gasteiger partial charge in [-0.1, -0.05) is 20.3 Å². The van der Waals surface area contributed by atoms with E-state index in [2.05, 4.69) is 4.74 Å². The van der Waals surface area contributed by atoms with Gasteiger partial charge in [0.05, 0.1) is 0 Å². The molecule has 84 valence electrons. The number of hydrogen-bond donors (Lipinski definition) is 1. The van der Waals surface area contributed by atoms with Gasteiger partial charge in [-0.3, -0.25) is 0 Å². The number of rotatable bonds is 7. The molecule has 0 aliphatic rings. The van der Waals surface area contributed by atoms with Crippen molar-refractivity contribution in [1.29, 1.82) is 0 Å². The van der Waals surface area contributed by atoms with Gasteiger partial charge >= 0.3 is 12.6 Å². The third-order valence-corrected chi connectivity index (χ3v) is 1.79. The Hall–Kier alpha value is -0.710. The summed E-state index contributed by atoms with van der Waals surface area (Å²) in [6.45, 7) is 0.961. The lowest BCUT2D eigenvalue weighted by molar-refractivity contribution is -0.188. The molecular formula is C9H16F2O3. The zero-order valence-corrected chi connectivity index (χ0v) is 8.37. The second kappa shape index (κ2) is 6.70. The second-order valence-electron chi connectivity index (χ2n) is 3.55. The van der Waals surface area contributed by atoms with Crippen molar-refractivity contribution in [2.45, 2.75) is 45.8 Å². The minimum absolute atomic E-state index is 0.137. The third kappa shape index (κ3) is 6.77. The molecule has 0 aromatic rings. The minimum Gasteiger partial charge on any atom is -0.479 e. The Morgan fingerprint density at radius 3 is 2.29 bits per heavy atom. The molecule has 3 nitrogen and oxygen atoms in total. The first-order valence-electron chi connectivity index (χ1n) is 4.60. The predicted octanol–water partition coefficient (Wildman–Crippen LogP) is 2.51. The molecule has 0 aliphatic heterocycles. The van der Waals surface area contributed by atoms with Crippen molar-refractivity contribution in [1.82, 2.24) is 0 Å². The highest BCUT2D eigenvalue weighted by molar-refractivity contribution is 5.72. The van der Waals surface area contributed by atoms with E-state index in [-0.39, 0.29) is 6.42 Å². The summed E-state index contributed by atoms with van der Waals surface area (Å²) in [5, 5.41) is 8.53. The van der Waals surface area contributed by atoms with Gasteiger partial charge in [0, 0.05) is 0 Å². The Balaban J connectivity index is 3.80. The summed E-state index contributed by atoms with van der Waals surface area (Å²) >= 11 is 0. The molecule has 0 saturated carbocycles. The fraction of sp³-hybridized carbons (Fsp3) is 0.889. The molecule has 5 heteroatoms. The molecule has 0 radical (unpaired) electrons. The van der Waals surface area contributed by atoms with Gasteiger partial charge in [-0.05, 0) is 18.8 Å². The second-order valence-corrected chi connectivity index (χ2v) is 3.55. The summed E-state index contributed by atoms with van der Waals surface area (Å²) in [7, 11) is 0. The first kappa shape index (κ1) is 13.3. The van der Waals surface area contributed by atoms with Crippen LogP contribution in [0.1, 0.15) is 33.1 Å². The summed E-state index contributed by atoms with van der Waals surface area (Å²) < 4.78 is 27.5. The van der Waals surface area contributed by atoms with Crippen LogP contribution in [0.15, 0.2) is 0 Å².